The summed E-state index contributed by atoms with van der Waals surface area (Å²) in [4.78, 5) is 12.6. The molecule has 0 heterocycles. The molecule has 140 valence electrons. The van der Waals surface area contributed by atoms with Crippen LogP contribution in [0.15, 0.2) is 0 Å². The highest BCUT2D eigenvalue weighted by atomic mass is 19.1. The van der Waals surface area contributed by atoms with Gasteiger partial charge in [0.1, 0.15) is 5.67 Å². The van der Waals surface area contributed by atoms with Crippen molar-refractivity contribution in [2.45, 2.75) is 84.2 Å². The van der Waals surface area contributed by atoms with Gasteiger partial charge in [-0.25, -0.2) is 4.39 Å². The van der Waals surface area contributed by atoms with Crippen molar-refractivity contribution in [3.8, 4) is 6.07 Å². The van der Waals surface area contributed by atoms with Crippen LogP contribution in [0.1, 0.15) is 78.6 Å². The first-order valence-corrected chi connectivity index (χ1v) is 9.78. The Kier molecular flexibility index (Phi) is 4.45. The Labute approximate surface area is 151 Å². The van der Waals surface area contributed by atoms with E-state index in [1.165, 1.54) is 7.11 Å². The highest BCUT2D eigenvalue weighted by Gasteiger charge is 2.64. The predicted octanol–water partition coefficient (Wildman–Crippen LogP) is 5.19. The highest BCUT2D eigenvalue weighted by Crippen LogP contribution is 2.69. The summed E-state index contributed by atoms with van der Waals surface area (Å²) in [5, 5.41) is 9.48. The zero-order valence-corrected chi connectivity index (χ0v) is 16.2. The molecule has 0 aromatic carbocycles. The molecular weight excluding hydrogens is 317 g/mol. The number of rotatable bonds is 2. The second-order valence-electron chi connectivity index (χ2n) is 9.74. The number of fused-ring (bicyclic) bond motifs is 3. The third kappa shape index (κ3) is 2.69. The van der Waals surface area contributed by atoms with Crippen molar-refractivity contribution >= 4 is 5.97 Å². The van der Waals surface area contributed by atoms with E-state index in [0.29, 0.717) is 25.2 Å². The normalized spacial score (nSPS) is 49.4. The summed E-state index contributed by atoms with van der Waals surface area (Å²) >= 11 is 0. The van der Waals surface area contributed by atoms with Gasteiger partial charge in [-0.1, -0.05) is 13.3 Å². The van der Waals surface area contributed by atoms with Crippen LogP contribution in [0.4, 0.5) is 4.39 Å². The van der Waals surface area contributed by atoms with Crippen LogP contribution < -0.4 is 0 Å². The molecule has 3 aliphatic rings. The van der Waals surface area contributed by atoms with Crippen LogP contribution in [0.3, 0.4) is 0 Å². The smallest absolute Gasteiger partial charge is 0.311 e. The zero-order valence-electron chi connectivity index (χ0n) is 16.2. The molecule has 0 aliphatic heterocycles. The summed E-state index contributed by atoms with van der Waals surface area (Å²) < 4.78 is 20.1. The number of hydrogen-bond donors (Lipinski definition) is 0. The van der Waals surface area contributed by atoms with Gasteiger partial charge in [-0.3, -0.25) is 4.79 Å². The second-order valence-corrected chi connectivity index (χ2v) is 9.74. The van der Waals surface area contributed by atoms with Gasteiger partial charge >= 0.3 is 5.97 Å². The maximum Gasteiger partial charge on any atom is 0.311 e. The van der Waals surface area contributed by atoms with Gasteiger partial charge in [0.15, 0.2) is 0 Å². The molecule has 0 aromatic rings. The first kappa shape index (κ1) is 18.7. The molecule has 0 aromatic heterocycles. The summed E-state index contributed by atoms with van der Waals surface area (Å²) in [5.41, 5.74) is -1.85. The van der Waals surface area contributed by atoms with Crippen LogP contribution in [0.2, 0.25) is 0 Å². The topological polar surface area (TPSA) is 50.1 Å². The molecule has 3 aliphatic carbocycles. The van der Waals surface area contributed by atoms with Crippen molar-refractivity contribution in [3.63, 3.8) is 0 Å². The van der Waals surface area contributed by atoms with Crippen LogP contribution in [-0.4, -0.2) is 18.7 Å². The molecule has 3 fully saturated rings. The molecule has 3 saturated carbocycles. The van der Waals surface area contributed by atoms with E-state index >= 15 is 0 Å². The number of nitrogens with zero attached hydrogens (tertiary/aromatic N) is 1. The number of esters is 1. The molecule has 0 saturated heterocycles. The van der Waals surface area contributed by atoms with Gasteiger partial charge in [0, 0.05) is 6.42 Å². The predicted molar refractivity (Wildman–Crippen MR) is 94.3 cm³/mol. The highest BCUT2D eigenvalue weighted by molar-refractivity contribution is 5.77. The molecular formula is C21H32FNO2. The molecule has 0 bridgehead atoms. The number of methoxy groups -OCH3 is 1. The lowest BCUT2D eigenvalue weighted by Gasteiger charge is -2.65. The molecule has 0 unspecified atom stereocenters. The van der Waals surface area contributed by atoms with Gasteiger partial charge in [0.25, 0.3) is 0 Å². The van der Waals surface area contributed by atoms with Gasteiger partial charge in [-0.2, -0.15) is 5.26 Å². The zero-order chi connectivity index (χ0) is 18.5. The minimum Gasteiger partial charge on any atom is -0.469 e. The van der Waals surface area contributed by atoms with E-state index in [2.05, 4.69) is 19.9 Å². The van der Waals surface area contributed by atoms with Crippen molar-refractivity contribution in [3.05, 3.63) is 0 Å². The summed E-state index contributed by atoms with van der Waals surface area (Å²) in [5.74, 6) is 0.496. The molecule has 0 N–H and O–H groups in total. The summed E-state index contributed by atoms with van der Waals surface area (Å²) in [6, 6.07) is 2.37. The Bertz CT molecular complexity index is 597. The SMILES string of the molecule is COC(=O)[C@]1(C)CCC[C@@]2(C)[C@@H]3CC[C@@](C)(F)C[C@@]3(CC#N)CC[C@@H]21. The molecule has 0 radical (unpaired) electrons. The van der Waals surface area contributed by atoms with Gasteiger partial charge in [0.05, 0.1) is 18.6 Å². The fraction of sp³-hybridized carbons (Fsp3) is 0.905. The lowest BCUT2D eigenvalue weighted by atomic mass is 9.39. The second kappa shape index (κ2) is 5.96. The van der Waals surface area contributed by atoms with Crippen LogP contribution in [0.25, 0.3) is 0 Å². The standard InChI is InChI=1S/C21H32FNO2/c1-18(22)10-6-16-19(2)8-5-9-20(3,17(24)25-4)15(19)7-11-21(16,14-18)12-13-23/h15-16H,5-12,14H2,1-4H3/t15-,16-,18+,19+,20+,21-/m0/s1. The average molecular weight is 349 g/mol. The molecule has 0 amide bonds. The quantitative estimate of drug-likeness (QED) is 0.644. The largest absolute Gasteiger partial charge is 0.469 e. The van der Waals surface area contributed by atoms with E-state index in [1.54, 1.807) is 6.92 Å². The van der Waals surface area contributed by atoms with Crippen LogP contribution >= 0.6 is 0 Å². The van der Waals surface area contributed by atoms with E-state index in [9.17, 15) is 14.4 Å². The van der Waals surface area contributed by atoms with E-state index in [-0.39, 0.29) is 22.7 Å². The molecule has 6 atom stereocenters. The lowest BCUT2D eigenvalue weighted by molar-refractivity contribution is -0.192. The van der Waals surface area contributed by atoms with Crippen molar-refractivity contribution in [2.24, 2.45) is 28.1 Å². The van der Waals surface area contributed by atoms with Crippen LogP contribution in [-0.2, 0) is 9.53 Å². The van der Waals surface area contributed by atoms with Gasteiger partial charge in [-0.05, 0) is 81.5 Å². The maximum atomic E-state index is 14.9. The van der Waals surface area contributed by atoms with Crippen molar-refractivity contribution in [2.75, 3.05) is 7.11 Å². The number of alkyl halides is 1. The third-order valence-electron chi connectivity index (χ3n) is 8.20. The molecule has 3 rings (SSSR count). The van der Waals surface area contributed by atoms with Crippen molar-refractivity contribution < 1.29 is 13.9 Å². The summed E-state index contributed by atoms with van der Waals surface area (Å²) in [6.07, 6.45) is 7.05. The summed E-state index contributed by atoms with van der Waals surface area (Å²) in [6.45, 7) is 6.09. The first-order chi connectivity index (χ1) is 11.6. The monoisotopic (exact) mass is 349 g/mol. The Morgan fingerprint density at radius 2 is 1.84 bits per heavy atom. The Hall–Kier alpha value is -1.11. The van der Waals surface area contributed by atoms with Crippen LogP contribution in [0, 0.1) is 39.4 Å². The summed E-state index contributed by atoms with van der Waals surface area (Å²) in [7, 11) is 1.48. The first-order valence-electron chi connectivity index (χ1n) is 9.78. The number of ether oxygens (including phenoxy) is 1. The lowest BCUT2D eigenvalue weighted by Crippen LogP contribution is -2.60. The Balaban J connectivity index is 2.02. The van der Waals surface area contributed by atoms with Gasteiger partial charge < -0.3 is 4.74 Å². The van der Waals surface area contributed by atoms with Gasteiger partial charge in [0.2, 0.25) is 0 Å². The van der Waals surface area contributed by atoms with Crippen LogP contribution in [0.5, 0.6) is 0 Å². The number of hydrogen-bond acceptors (Lipinski definition) is 3. The number of halogens is 1. The maximum absolute atomic E-state index is 14.9. The molecule has 0 spiro atoms. The molecule has 3 nitrogen and oxygen atoms in total. The van der Waals surface area contributed by atoms with Crippen molar-refractivity contribution in [1.82, 2.24) is 0 Å². The van der Waals surface area contributed by atoms with E-state index < -0.39 is 11.1 Å². The fourth-order valence-corrected chi connectivity index (χ4v) is 7.31. The third-order valence-corrected chi connectivity index (χ3v) is 8.20. The van der Waals surface area contributed by atoms with E-state index in [0.717, 1.165) is 38.5 Å². The fourth-order valence-electron chi connectivity index (χ4n) is 7.31. The molecule has 4 heteroatoms. The van der Waals surface area contributed by atoms with Crippen molar-refractivity contribution in [1.29, 1.82) is 5.26 Å². The molecule has 25 heavy (non-hydrogen) atoms. The Morgan fingerprint density at radius 3 is 2.48 bits per heavy atom. The Morgan fingerprint density at radius 1 is 1.16 bits per heavy atom. The number of carbonyl (C=O) groups is 1. The average Bonchev–Trinajstić information content (AvgIpc) is 2.52. The minimum atomic E-state index is -1.17. The number of nitriles is 1. The van der Waals surface area contributed by atoms with E-state index in [1.807, 2.05) is 0 Å². The van der Waals surface area contributed by atoms with Gasteiger partial charge in [-0.15, -0.1) is 0 Å². The minimum absolute atomic E-state index is 0.00715. The van der Waals surface area contributed by atoms with E-state index in [4.69, 9.17) is 4.74 Å². The number of carbonyl (C=O) groups excluding carboxylic acids is 1.